The molecule has 3 aromatic heterocycles. The van der Waals surface area contributed by atoms with Gasteiger partial charge in [0.25, 0.3) is 5.91 Å². The lowest BCUT2D eigenvalue weighted by atomic mass is 9.90. The van der Waals surface area contributed by atoms with Crippen LogP contribution in [0.1, 0.15) is 40.5 Å². The van der Waals surface area contributed by atoms with Crippen molar-refractivity contribution >= 4 is 22.6 Å². The predicted octanol–water partition coefficient (Wildman–Crippen LogP) is 4.55. The number of carbonyl (C=O) groups excluding carboxylic acids is 1. The summed E-state index contributed by atoms with van der Waals surface area (Å²) in [5.41, 5.74) is 3.16. The van der Waals surface area contributed by atoms with Gasteiger partial charge in [-0.25, -0.2) is 14.4 Å². The molecule has 8 heteroatoms. The highest BCUT2D eigenvalue weighted by Crippen LogP contribution is 2.34. The first kappa shape index (κ1) is 22.5. The summed E-state index contributed by atoms with van der Waals surface area (Å²) in [5.74, 6) is 0.692. The number of rotatable bonds is 5. The van der Waals surface area contributed by atoms with E-state index in [0.717, 1.165) is 46.8 Å². The summed E-state index contributed by atoms with van der Waals surface area (Å²) >= 11 is 0. The summed E-state index contributed by atoms with van der Waals surface area (Å²) < 4.78 is 20.2. The van der Waals surface area contributed by atoms with Gasteiger partial charge in [-0.1, -0.05) is 12.1 Å². The lowest BCUT2D eigenvalue weighted by Gasteiger charge is -2.32. The fraction of sp³-hybridized carbons (Fsp3) is 0.286. The summed E-state index contributed by atoms with van der Waals surface area (Å²) in [5, 5.41) is 3.80. The lowest BCUT2D eigenvalue weighted by molar-refractivity contribution is -0.00467. The highest BCUT2D eigenvalue weighted by molar-refractivity contribution is 5.94. The van der Waals surface area contributed by atoms with Gasteiger partial charge in [0.05, 0.1) is 42.4 Å². The molecule has 1 amide bonds. The van der Waals surface area contributed by atoms with E-state index in [2.05, 4.69) is 15.2 Å². The van der Waals surface area contributed by atoms with E-state index in [-0.39, 0.29) is 19.1 Å². The second-order valence-corrected chi connectivity index (χ2v) is 9.53. The van der Waals surface area contributed by atoms with Crippen molar-refractivity contribution in [3.05, 3.63) is 83.2 Å². The molecule has 182 valence electrons. The molecule has 6 rings (SSSR count). The second-order valence-electron chi connectivity index (χ2n) is 9.53. The molecule has 2 aliphatic heterocycles. The number of fused-ring (bicyclic) bond motifs is 2. The fourth-order valence-electron chi connectivity index (χ4n) is 4.62. The van der Waals surface area contributed by atoms with Crippen LogP contribution in [0.5, 0.6) is 0 Å². The number of pyridine rings is 3. The second kappa shape index (κ2) is 8.95. The van der Waals surface area contributed by atoms with Crippen molar-refractivity contribution in [2.45, 2.75) is 32.2 Å². The summed E-state index contributed by atoms with van der Waals surface area (Å²) in [6, 6.07) is 16.9. The van der Waals surface area contributed by atoms with Gasteiger partial charge in [0.2, 0.25) is 0 Å². The van der Waals surface area contributed by atoms with Crippen molar-refractivity contribution < 1.29 is 13.9 Å². The van der Waals surface area contributed by atoms with E-state index < -0.39 is 5.67 Å². The Labute approximate surface area is 208 Å². The third kappa shape index (κ3) is 4.28. The Morgan fingerprint density at radius 2 is 1.97 bits per heavy atom. The standard InChI is InChI=1S/C28H26FN5O2/c1-28(29)17-36-16-20-7-6-18(12-22(20)28)27(35)31-15-21-13-25-19(14-30-21)8-9-24(32-25)23-4-2-5-26(33-23)34-10-3-11-34/h2,4-9,12-14H,3,10-11,15-17H2,1H3,(H,31,35)/t28-/m1/s1. The monoisotopic (exact) mass is 483 g/mol. The molecule has 0 spiro atoms. The van der Waals surface area contributed by atoms with Crippen molar-refractivity contribution in [2.24, 2.45) is 0 Å². The van der Waals surface area contributed by atoms with E-state index in [1.807, 2.05) is 36.4 Å². The number of alkyl halides is 1. The molecule has 36 heavy (non-hydrogen) atoms. The number of ether oxygens (including phenoxy) is 1. The third-order valence-electron chi connectivity index (χ3n) is 6.80. The Morgan fingerprint density at radius 1 is 1.11 bits per heavy atom. The molecular weight excluding hydrogens is 457 g/mol. The van der Waals surface area contributed by atoms with E-state index in [9.17, 15) is 9.18 Å². The van der Waals surface area contributed by atoms with Crippen molar-refractivity contribution in [2.75, 3.05) is 24.6 Å². The smallest absolute Gasteiger partial charge is 0.251 e. The average Bonchev–Trinajstić information content (AvgIpc) is 2.86. The van der Waals surface area contributed by atoms with Crippen LogP contribution in [0.15, 0.2) is 60.8 Å². The number of aromatic nitrogens is 3. The Kier molecular flexibility index (Phi) is 5.60. The molecule has 1 fully saturated rings. The SMILES string of the molecule is C[C@@]1(F)COCc2ccc(C(=O)NCc3cc4nc(-c5cccc(N6CCC6)n5)ccc4cn3)cc21. The normalized spacial score (nSPS) is 19.0. The average molecular weight is 484 g/mol. The zero-order valence-electron chi connectivity index (χ0n) is 20.0. The minimum Gasteiger partial charge on any atom is -0.373 e. The van der Waals surface area contributed by atoms with Crippen LogP contribution in [0.3, 0.4) is 0 Å². The number of halogens is 1. The topological polar surface area (TPSA) is 80.2 Å². The molecule has 1 N–H and O–H groups in total. The van der Waals surface area contributed by atoms with Gasteiger partial charge in [0.1, 0.15) is 5.82 Å². The van der Waals surface area contributed by atoms with Crippen LogP contribution in [0.25, 0.3) is 22.3 Å². The molecular formula is C28H26FN5O2. The molecule has 4 aromatic rings. The van der Waals surface area contributed by atoms with Crippen LogP contribution in [0.2, 0.25) is 0 Å². The van der Waals surface area contributed by atoms with Gasteiger partial charge in [0, 0.05) is 30.2 Å². The zero-order chi connectivity index (χ0) is 24.7. The summed E-state index contributed by atoms with van der Waals surface area (Å²) in [7, 11) is 0. The zero-order valence-corrected chi connectivity index (χ0v) is 20.0. The van der Waals surface area contributed by atoms with Crippen LogP contribution < -0.4 is 10.2 Å². The van der Waals surface area contributed by atoms with Gasteiger partial charge in [-0.05, 0) is 66.9 Å². The number of amides is 1. The highest BCUT2D eigenvalue weighted by Gasteiger charge is 2.33. The Hall–Kier alpha value is -3.91. The lowest BCUT2D eigenvalue weighted by Crippen LogP contribution is -2.37. The van der Waals surface area contributed by atoms with Crippen molar-refractivity contribution in [3.8, 4) is 11.4 Å². The van der Waals surface area contributed by atoms with Gasteiger partial charge in [0.15, 0.2) is 5.67 Å². The summed E-state index contributed by atoms with van der Waals surface area (Å²) in [4.78, 5) is 29.1. The van der Waals surface area contributed by atoms with Crippen LogP contribution in [-0.2, 0) is 23.6 Å². The molecule has 1 aromatic carbocycles. The number of hydrogen-bond donors (Lipinski definition) is 1. The maximum absolute atomic E-state index is 14.9. The van der Waals surface area contributed by atoms with Crippen molar-refractivity contribution in [1.82, 2.24) is 20.3 Å². The van der Waals surface area contributed by atoms with Crippen LogP contribution in [0, 0.1) is 0 Å². The molecule has 5 heterocycles. The number of carbonyl (C=O) groups is 1. The Bertz CT molecular complexity index is 1470. The van der Waals surface area contributed by atoms with Gasteiger partial charge < -0.3 is 15.0 Å². The molecule has 7 nitrogen and oxygen atoms in total. The minimum absolute atomic E-state index is 0.0147. The van der Waals surface area contributed by atoms with Gasteiger partial charge in [-0.15, -0.1) is 0 Å². The largest absolute Gasteiger partial charge is 0.373 e. The van der Waals surface area contributed by atoms with E-state index in [1.165, 1.54) is 13.3 Å². The molecule has 2 aliphatic rings. The molecule has 1 saturated heterocycles. The molecule has 0 aliphatic carbocycles. The highest BCUT2D eigenvalue weighted by atomic mass is 19.1. The predicted molar refractivity (Wildman–Crippen MR) is 135 cm³/mol. The van der Waals surface area contributed by atoms with E-state index >= 15 is 0 Å². The first-order valence-corrected chi connectivity index (χ1v) is 12.1. The summed E-state index contributed by atoms with van der Waals surface area (Å²) in [6.45, 7) is 4.12. The Balaban J connectivity index is 1.20. The van der Waals surface area contributed by atoms with E-state index in [0.29, 0.717) is 23.4 Å². The van der Waals surface area contributed by atoms with Gasteiger partial charge >= 0.3 is 0 Å². The minimum atomic E-state index is -1.61. The maximum Gasteiger partial charge on any atom is 0.251 e. The Morgan fingerprint density at radius 3 is 2.81 bits per heavy atom. The fourth-order valence-corrected chi connectivity index (χ4v) is 4.62. The van der Waals surface area contributed by atoms with Gasteiger partial charge in [-0.3, -0.25) is 9.78 Å². The molecule has 1 atom stereocenters. The summed E-state index contributed by atoms with van der Waals surface area (Å²) in [6.07, 6.45) is 2.95. The van der Waals surface area contributed by atoms with E-state index in [4.69, 9.17) is 14.7 Å². The first-order valence-electron chi connectivity index (χ1n) is 12.1. The van der Waals surface area contributed by atoms with E-state index in [1.54, 1.807) is 24.4 Å². The van der Waals surface area contributed by atoms with Crippen LogP contribution in [-0.4, -0.2) is 40.6 Å². The first-order chi connectivity index (χ1) is 17.5. The molecule has 0 radical (unpaired) electrons. The van der Waals surface area contributed by atoms with Crippen molar-refractivity contribution in [3.63, 3.8) is 0 Å². The number of nitrogens with zero attached hydrogens (tertiary/aromatic N) is 4. The number of nitrogens with one attached hydrogen (secondary N) is 1. The van der Waals surface area contributed by atoms with Crippen LogP contribution >= 0.6 is 0 Å². The maximum atomic E-state index is 14.9. The van der Waals surface area contributed by atoms with Crippen molar-refractivity contribution in [1.29, 1.82) is 0 Å². The van der Waals surface area contributed by atoms with Gasteiger partial charge in [-0.2, -0.15) is 0 Å². The number of anilines is 1. The molecule has 0 saturated carbocycles. The van der Waals surface area contributed by atoms with Crippen LogP contribution in [0.4, 0.5) is 10.2 Å². The third-order valence-corrected chi connectivity index (χ3v) is 6.80. The number of benzene rings is 1. The quantitative estimate of drug-likeness (QED) is 0.449. The molecule has 0 bridgehead atoms. The molecule has 0 unspecified atom stereocenters. The number of hydrogen-bond acceptors (Lipinski definition) is 6.